The van der Waals surface area contributed by atoms with Crippen molar-refractivity contribution in [3.8, 4) is 22.8 Å². The van der Waals surface area contributed by atoms with E-state index in [1.54, 1.807) is 42.5 Å². The summed E-state index contributed by atoms with van der Waals surface area (Å²) in [5, 5.41) is 4.06. The number of nitrogens with zero attached hydrogens (tertiary/aromatic N) is 2. The van der Waals surface area contributed by atoms with E-state index >= 15 is 0 Å². The molecular weight excluding hydrogens is 484 g/mol. The fraction of sp³-hybridized carbons (Fsp3) is 0.200. The van der Waals surface area contributed by atoms with Crippen molar-refractivity contribution in [2.75, 3.05) is 12.0 Å². The Bertz CT molecular complexity index is 1400. The number of ether oxygens (including phenoxy) is 2. The molecule has 2 aromatic heterocycles. The highest BCUT2D eigenvalue weighted by Gasteiger charge is 2.25. The molecule has 0 spiro atoms. The van der Waals surface area contributed by atoms with Crippen LogP contribution in [0, 0.1) is 0 Å². The van der Waals surface area contributed by atoms with Crippen molar-refractivity contribution in [2.24, 2.45) is 0 Å². The van der Waals surface area contributed by atoms with Crippen molar-refractivity contribution in [1.82, 2.24) is 15.3 Å². The summed E-state index contributed by atoms with van der Waals surface area (Å²) in [4.78, 5) is 35.3. The smallest absolute Gasteiger partial charge is 0.397 e. The van der Waals surface area contributed by atoms with Gasteiger partial charge in [-0.3, -0.25) is 4.79 Å². The second-order valence-electron chi connectivity index (χ2n) is 8.58. The van der Waals surface area contributed by atoms with Crippen LogP contribution < -0.4 is 20.5 Å². The standard InChI is InChI=1S/C25H24N4O4S2/c1-25(2,3)29-21(30)20-18(26)17-19(27-23(34-4)28-22(17)35-20)14-9-8-12-16(13-14)33-24(31)32-15-10-6-5-7-11-15/h5-13H,26H2,1-4H3,(H,29,30). The number of nitrogens with one attached hydrogen (secondary N) is 1. The van der Waals surface area contributed by atoms with Crippen molar-refractivity contribution >= 4 is 51.1 Å². The summed E-state index contributed by atoms with van der Waals surface area (Å²) in [7, 11) is 0. The Morgan fingerprint density at radius 1 is 1.00 bits per heavy atom. The molecule has 35 heavy (non-hydrogen) atoms. The van der Waals surface area contributed by atoms with Gasteiger partial charge in [0.15, 0.2) is 5.16 Å². The normalized spacial score (nSPS) is 11.3. The molecule has 2 heterocycles. The van der Waals surface area contributed by atoms with Crippen molar-refractivity contribution in [3.05, 3.63) is 59.5 Å². The van der Waals surface area contributed by atoms with Crippen LogP contribution in [0.2, 0.25) is 0 Å². The number of para-hydroxylation sites is 1. The second-order valence-corrected chi connectivity index (χ2v) is 10.4. The molecule has 1 amide bonds. The third-order valence-corrected chi connectivity index (χ3v) is 6.34. The van der Waals surface area contributed by atoms with Crippen LogP contribution in [0.4, 0.5) is 10.5 Å². The monoisotopic (exact) mass is 508 g/mol. The van der Waals surface area contributed by atoms with E-state index in [1.165, 1.54) is 23.1 Å². The molecule has 0 aliphatic heterocycles. The number of carbonyl (C=O) groups excluding carboxylic acids is 2. The summed E-state index contributed by atoms with van der Waals surface area (Å²) in [5.74, 6) is 0.388. The summed E-state index contributed by atoms with van der Waals surface area (Å²) in [6.45, 7) is 5.71. The van der Waals surface area contributed by atoms with E-state index < -0.39 is 11.7 Å². The van der Waals surface area contributed by atoms with Crippen molar-refractivity contribution in [1.29, 1.82) is 0 Å². The highest BCUT2D eigenvalue weighted by atomic mass is 32.2. The van der Waals surface area contributed by atoms with Gasteiger partial charge in [-0.05, 0) is 51.3 Å². The van der Waals surface area contributed by atoms with Crippen LogP contribution in [0.1, 0.15) is 30.4 Å². The maximum Gasteiger partial charge on any atom is 0.519 e. The topological polar surface area (TPSA) is 116 Å². The molecule has 4 rings (SSSR count). The molecule has 3 N–H and O–H groups in total. The van der Waals surface area contributed by atoms with Gasteiger partial charge in [-0.25, -0.2) is 14.8 Å². The lowest BCUT2D eigenvalue weighted by Crippen LogP contribution is -2.40. The van der Waals surface area contributed by atoms with Crippen molar-refractivity contribution in [2.45, 2.75) is 31.5 Å². The van der Waals surface area contributed by atoms with Crippen molar-refractivity contribution in [3.63, 3.8) is 0 Å². The van der Waals surface area contributed by atoms with Crippen LogP contribution in [0.5, 0.6) is 11.5 Å². The minimum absolute atomic E-state index is 0.268. The van der Waals surface area contributed by atoms with Crippen LogP contribution in [0.15, 0.2) is 59.8 Å². The van der Waals surface area contributed by atoms with Crippen LogP contribution in [-0.4, -0.2) is 33.8 Å². The van der Waals surface area contributed by atoms with Crippen LogP contribution in [0.25, 0.3) is 21.5 Å². The largest absolute Gasteiger partial charge is 0.519 e. The van der Waals surface area contributed by atoms with Gasteiger partial charge in [0.1, 0.15) is 21.2 Å². The number of fused-ring (bicyclic) bond motifs is 1. The molecule has 8 nitrogen and oxygen atoms in total. The number of hydrogen-bond acceptors (Lipinski definition) is 9. The van der Waals surface area contributed by atoms with E-state index in [-0.39, 0.29) is 11.7 Å². The first-order valence-electron chi connectivity index (χ1n) is 10.7. The van der Waals surface area contributed by atoms with Gasteiger partial charge in [-0.2, -0.15) is 0 Å². The fourth-order valence-corrected chi connectivity index (χ4v) is 4.69. The molecule has 0 bridgehead atoms. The zero-order chi connectivity index (χ0) is 25.2. The zero-order valence-corrected chi connectivity index (χ0v) is 21.3. The summed E-state index contributed by atoms with van der Waals surface area (Å²) < 4.78 is 10.6. The van der Waals surface area contributed by atoms with E-state index in [9.17, 15) is 9.59 Å². The van der Waals surface area contributed by atoms with Gasteiger partial charge in [-0.15, -0.1) is 11.3 Å². The van der Waals surface area contributed by atoms with Crippen LogP contribution in [-0.2, 0) is 0 Å². The van der Waals surface area contributed by atoms with E-state index in [0.29, 0.717) is 42.9 Å². The van der Waals surface area contributed by atoms with Gasteiger partial charge in [-0.1, -0.05) is 42.1 Å². The van der Waals surface area contributed by atoms with Gasteiger partial charge in [0.05, 0.1) is 16.8 Å². The van der Waals surface area contributed by atoms with Gasteiger partial charge in [0, 0.05) is 11.1 Å². The van der Waals surface area contributed by atoms with Gasteiger partial charge in [0.2, 0.25) is 0 Å². The molecule has 0 aliphatic carbocycles. The Hall–Kier alpha value is -3.63. The number of carbonyl (C=O) groups is 2. The number of thiophene rings is 1. The lowest BCUT2D eigenvalue weighted by molar-refractivity contribution is 0.0924. The van der Waals surface area contributed by atoms with Crippen LogP contribution >= 0.6 is 23.1 Å². The predicted octanol–water partition coefficient (Wildman–Crippen LogP) is 5.77. The van der Waals surface area contributed by atoms with Gasteiger partial charge in [0.25, 0.3) is 5.91 Å². The molecule has 180 valence electrons. The SMILES string of the molecule is CSc1nc(-c2cccc(OC(=O)Oc3ccccc3)c2)c2c(N)c(C(=O)NC(C)(C)C)sc2n1. The number of nitrogen functional groups attached to an aromatic ring is 1. The first-order chi connectivity index (χ1) is 16.6. The zero-order valence-electron chi connectivity index (χ0n) is 19.6. The molecule has 0 saturated heterocycles. The molecule has 0 aliphatic rings. The first kappa shape index (κ1) is 24.5. The minimum atomic E-state index is -0.859. The molecule has 4 aromatic rings. The molecule has 0 atom stereocenters. The van der Waals surface area contributed by atoms with Crippen LogP contribution in [0.3, 0.4) is 0 Å². The fourth-order valence-electron chi connectivity index (χ4n) is 3.28. The molecule has 10 heteroatoms. The average molecular weight is 509 g/mol. The third kappa shape index (κ3) is 5.72. The number of nitrogens with two attached hydrogens (primary N) is 1. The second kappa shape index (κ2) is 9.93. The maximum absolute atomic E-state index is 12.9. The lowest BCUT2D eigenvalue weighted by atomic mass is 10.1. The average Bonchev–Trinajstić information content (AvgIpc) is 3.14. The quantitative estimate of drug-likeness (QED) is 0.151. The predicted molar refractivity (Wildman–Crippen MR) is 139 cm³/mol. The number of hydrogen-bond donors (Lipinski definition) is 2. The van der Waals surface area contributed by atoms with E-state index in [1.807, 2.05) is 39.2 Å². The number of rotatable bonds is 5. The van der Waals surface area contributed by atoms with Gasteiger partial charge >= 0.3 is 6.16 Å². The van der Waals surface area contributed by atoms with E-state index in [4.69, 9.17) is 15.2 Å². The van der Waals surface area contributed by atoms with Gasteiger partial charge < -0.3 is 20.5 Å². The lowest BCUT2D eigenvalue weighted by Gasteiger charge is -2.20. The minimum Gasteiger partial charge on any atom is -0.397 e. The Morgan fingerprint density at radius 3 is 2.37 bits per heavy atom. The maximum atomic E-state index is 12.9. The molecular formula is C25H24N4O4S2. The molecule has 0 fully saturated rings. The highest BCUT2D eigenvalue weighted by Crippen LogP contribution is 2.40. The molecule has 2 aromatic carbocycles. The Labute approximate surface area is 210 Å². The third-order valence-electron chi connectivity index (χ3n) is 4.70. The Morgan fingerprint density at radius 2 is 1.69 bits per heavy atom. The number of anilines is 1. The molecule has 0 unspecified atom stereocenters. The molecule has 0 saturated carbocycles. The Balaban J connectivity index is 1.71. The number of thioether (sulfide) groups is 1. The number of amides is 1. The molecule has 0 radical (unpaired) electrons. The first-order valence-corrected chi connectivity index (χ1v) is 12.7. The summed E-state index contributed by atoms with van der Waals surface area (Å²) in [5.41, 5.74) is 7.55. The Kier molecular flexibility index (Phi) is 6.95. The highest BCUT2D eigenvalue weighted by molar-refractivity contribution is 7.98. The van der Waals surface area contributed by atoms with E-state index in [0.717, 1.165) is 0 Å². The van der Waals surface area contributed by atoms with Crippen molar-refractivity contribution < 1.29 is 19.1 Å². The number of benzene rings is 2. The van der Waals surface area contributed by atoms with E-state index in [2.05, 4.69) is 15.3 Å². The summed E-state index contributed by atoms with van der Waals surface area (Å²) in [6, 6.07) is 15.5. The summed E-state index contributed by atoms with van der Waals surface area (Å²) >= 11 is 2.60. The summed E-state index contributed by atoms with van der Waals surface area (Å²) in [6.07, 6.45) is 1.01. The number of aromatic nitrogens is 2.